The summed E-state index contributed by atoms with van der Waals surface area (Å²) in [7, 11) is 0. The molecule has 1 aromatic heterocycles. The molecule has 0 amide bonds. The van der Waals surface area contributed by atoms with Crippen molar-refractivity contribution in [1.29, 1.82) is 0 Å². The second-order valence-electron chi connectivity index (χ2n) is 3.59. The molecule has 0 saturated carbocycles. The Bertz CT molecular complexity index is 558. The van der Waals surface area contributed by atoms with Crippen molar-refractivity contribution in [2.75, 3.05) is 0 Å². The third-order valence-corrected chi connectivity index (χ3v) is 2.25. The molecular weight excluding hydrogens is 226 g/mol. The molecule has 0 bridgehead atoms. The Morgan fingerprint density at radius 1 is 1.18 bits per heavy atom. The van der Waals surface area contributed by atoms with Gasteiger partial charge in [0.1, 0.15) is 18.2 Å². The number of rotatable bonds is 2. The topological polar surface area (TPSA) is 46.0 Å². The molecule has 1 aromatic carbocycles. The van der Waals surface area contributed by atoms with Crippen molar-refractivity contribution < 1.29 is 13.9 Å². The summed E-state index contributed by atoms with van der Waals surface area (Å²) in [6.45, 7) is 1.39. The maximum atomic E-state index is 13.5. The Morgan fingerprint density at radius 2 is 1.94 bits per heavy atom. The van der Waals surface area contributed by atoms with Gasteiger partial charge in [-0.25, -0.2) is 18.7 Å². The van der Waals surface area contributed by atoms with E-state index >= 15 is 0 Å². The number of aliphatic hydroxyl groups is 1. The van der Waals surface area contributed by atoms with Gasteiger partial charge in [-0.15, -0.1) is 0 Å². The van der Waals surface area contributed by atoms with Gasteiger partial charge in [0.2, 0.25) is 0 Å². The van der Waals surface area contributed by atoms with Crippen LogP contribution in [0.2, 0.25) is 0 Å². The number of hydrogen-bond acceptors (Lipinski definition) is 3. The predicted molar refractivity (Wildman–Crippen MR) is 58.0 cm³/mol. The molecule has 17 heavy (non-hydrogen) atoms. The Morgan fingerprint density at radius 3 is 2.59 bits per heavy atom. The largest absolute Gasteiger partial charge is 0.388 e. The van der Waals surface area contributed by atoms with Crippen LogP contribution in [0.5, 0.6) is 0 Å². The second-order valence-corrected chi connectivity index (χ2v) is 3.59. The first kappa shape index (κ1) is 11.6. The molecule has 3 nitrogen and oxygen atoms in total. The molecular formula is C12H10F2N2O. The van der Waals surface area contributed by atoms with Gasteiger partial charge in [-0.3, -0.25) is 0 Å². The highest BCUT2D eigenvalue weighted by Gasteiger charge is 2.09. The average Bonchev–Trinajstić information content (AvgIpc) is 2.28. The van der Waals surface area contributed by atoms with E-state index in [1.54, 1.807) is 13.0 Å². The lowest BCUT2D eigenvalue weighted by Crippen LogP contribution is -1.99. The van der Waals surface area contributed by atoms with Gasteiger partial charge >= 0.3 is 0 Å². The van der Waals surface area contributed by atoms with Crippen LogP contribution in [0.3, 0.4) is 0 Å². The SMILES string of the molecule is Cc1cc(-c2ccc(F)cc2F)nc(CO)n1. The predicted octanol–water partition coefficient (Wildman–Crippen LogP) is 2.22. The van der Waals surface area contributed by atoms with Crippen LogP contribution in [-0.4, -0.2) is 15.1 Å². The van der Waals surface area contributed by atoms with Crippen LogP contribution in [0.4, 0.5) is 8.78 Å². The van der Waals surface area contributed by atoms with Crippen molar-refractivity contribution >= 4 is 0 Å². The molecule has 1 N–H and O–H groups in total. The van der Waals surface area contributed by atoms with E-state index in [1.165, 1.54) is 6.07 Å². The number of hydrogen-bond donors (Lipinski definition) is 1. The van der Waals surface area contributed by atoms with E-state index in [0.29, 0.717) is 11.4 Å². The van der Waals surface area contributed by atoms with Gasteiger partial charge in [-0.05, 0) is 25.1 Å². The van der Waals surface area contributed by atoms with Gasteiger partial charge in [0.15, 0.2) is 5.82 Å². The van der Waals surface area contributed by atoms with E-state index in [-0.39, 0.29) is 18.0 Å². The number of halogens is 2. The second kappa shape index (κ2) is 4.55. The molecule has 0 unspecified atom stereocenters. The minimum Gasteiger partial charge on any atom is -0.388 e. The maximum Gasteiger partial charge on any atom is 0.154 e. The lowest BCUT2D eigenvalue weighted by Gasteiger charge is -2.05. The Kier molecular flexibility index (Phi) is 3.10. The minimum atomic E-state index is -0.688. The first-order chi connectivity index (χ1) is 8.10. The Balaban J connectivity index is 2.55. The minimum absolute atomic E-state index is 0.187. The molecule has 0 saturated heterocycles. The first-order valence-corrected chi connectivity index (χ1v) is 5.01. The van der Waals surface area contributed by atoms with Gasteiger partial charge in [-0.2, -0.15) is 0 Å². The standard InChI is InChI=1S/C12H10F2N2O/c1-7-4-11(16-12(6-17)15-7)9-3-2-8(13)5-10(9)14/h2-5,17H,6H2,1H3. The van der Waals surface area contributed by atoms with Gasteiger partial charge in [0.05, 0.1) is 5.69 Å². The van der Waals surface area contributed by atoms with Gasteiger partial charge in [0, 0.05) is 17.3 Å². The summed E-state index contributed by atoms with van der Waals surface area (Å²) < 4.78 is 26.3. The fraction of sp³-hybridized carbons (Fsp3) is 0.167. The summed E-state index contributed by atoms with van der Waals surface area (Å²) in [5.41, 5.74) is 1.13. The summed E-state index contributed by atoms with van der Waals surface area (Å²) in [5, 5.41) is 8.97. The zero-order valence-electron chi connectivity index (χ0n) is 9.11. The van der Waals surface area contributed by atoms with Crippen LogP contribution in [0.25, 0.3) is 11.3 Å². The van der Waals surface area contributed by atoms with Gasteiger partial charge < -0.3 is 5.11 Å². The maximum absolute atomic E-state index is 13.5. The number of aliphatic hydroxyl groups excluding tert-OH is 1. The molecule has 0 radical (unpaired) electrons. The van der Waals surface area contributed by atoms with Crippen molar-refractivity contribution in [3.05, 3.63) is 47.4 Å². The van der Waals surface area contributed by atoms with Crippen LogP contribution >= 0.6 is 0 Å². The monoisotopic (exact) mass is 236 g/mol. The quantitative estimate of drug-likeness (QED) is 0.869. The summed E-state index contributed by atoms with van der Waals surface area (Å²) in [5.74, 6) is -1.12. The molecule has 5 heteroatoms. The van der Waals surface area contributed by atoms with Crippen molar-refractivity contribution in [3.8, 4) is 11.3 Å². The summed E-state index contributed by atoms with van der Waals surface area (Å²) in [6, 6.07) is 4.85. The van der Waals surface area contributed by atoms with E-state index < -0.39 is 11.6 Å². The fourth-order valence-electron chi connectivity index (χ4n) is 1.54. The van der Waals surface area contributed by atoms with Crippen LogP contribution < -0.4 is 0 Å². The van der Waals surface area contributed by atoms with E-state index in [0.717, 1.165) is 12.1 Å². The third-order valence-electron chi connectivity index (χ3n) is 2.25. The molecule has 0 aliphatic heterocycles. The lowest BCUT2D eigenvalue weighted by molar-refractivity contribution is 0.271. The molecule has 1 heterocycles. The lowest BCUT2D eigenvalue weighted by atomic mass is 10.1. The highest BCUT2D eigenvalue weighted by Crippen LogP contribution is 2.22. The molecule has 0 aliphatic carbocycles. The molecule has 88 valence electrons. The molecule has 0 atom stereocenters. The first-order valence-electron chi connectivity index (χ1n) is 5.01. The van der Waals surface area contributed by atoms with Gasteiger partial charge in [-0.1, -0.05) is 0 Å². The average molecular weight is 236 g/mol. The smallest absolute Gasteiger partial charge is 0.154 e. The summed E-state index contributed by atoms with van der Waals surface area (Å²) >= 11 is 0. The fourth-order valence-corrected chi connectivity index (χ4v) is 1.54. The van der Waals surface area contributed by atoms with Crippen molar-refractivity contribution in [1.82, 2.24) is 9.97 Å². The van der Waals surface area contributed by atoms with E-state index in [4.69, 9.17) is 5.11 Å². The number of aryl methyl sites for hydroxylation is 1. The van der Waals surface area contributed by atoms with Crippen LogP contribution in [0.1, 0.15) is 11.5 Å². The van der Waals surface area contributed by atoms with Crippen molar-refractivity contribution in [2.45, 2.75) is 13.5 Å². The van der Waals surface area contributed by atoms with E-state index in [9.17, 15) is 8.78 Å². The van der Waals surface area contributed by atoms with Crippen LogP contribution in [0.15, 0.2) is 24.3 Å². The third kappa shape index (κ3) is 2.45. The molecule has 0 spiro atoms. The summed E-state index contributed by atoms with van der Waals surface area (Å²) in [4.78, 5) is 7.96. The zero-order valence-corrected chi connectivity index (χ0v) is 9.11. The van der Waals surface area contributed by atoms with Crippen LogP contribution in [-0.2, 0) is 6.61 Å². The van der Waals surface area contributed by atoms with E-state index in [1.807, 2.05) is 0 Å². The molecule has 0 fully saturated rings. The summed E-state index contributed by atoms with van der Waals surface area (Å²) in [6.07, 6.45) is 0. The van der Waals surface area contributed by atoms with Crippen molar-refractivity contribution in [2.24, 2.45) is 0 Å². The van der Waals surface area contributed by atoms with Crippen molar-refractivity contribution in [3.63, 3.8) is 0 Å². The number of aromatic nitrogens is 2. The Labute approximate surface area is 96.8 Å². The molecule has 0 aliphatic rings. The molecule has 2 aromatic rings. The Hall–Kier alpha value is -1.88. The normalized spacial score (nSPS) is 10.6. The number of benzene rings is 1. The van der Waals surface area contributed by atoms with Gasteiger partial charge in [0.25, 0.3) is 0 Å². The molecule has 2 rings (SSSR count). The van der Waals surface area contributed by atoms with Crippen LogP contribution in [0, 0.1) is 18.6 Å². The van der Waals surface area contributed by atoms with E-state index in [2.05, 4.69) is 9.97 Å². The zero-order chi connectivity index (χ0) is 12.4. The number of nitrogens with zero attached hydrogens (tertiary/aromatic N) is 2. The highest BCUT2D eigenvalue weighted by molar-refractivity contribution is 5.60. The highest BCUT2D eigenvalue weighted by atomic mass is 19.1.